The molecule has 0 aromatic heterocycles. The highest BCUT2D eigenvalue weighted by atomic mass is 35.5. The van der Waals surface area contributed by atoms with Crippen molar-refractivity contribution in [3.63, 3.8) is 0 Å². The van der Waals surface area contributed by atoms with Crippen LogP contribution in [0.1, 0.15) is 10.4 Å². The molecule has 1 saturated heterocycles. The number of amides is 2. The number of nitrogens with one attached hydrogen (secondary N) is 1. The van der Waals surface area contributed by atoms with Gasteiger partial charge in [0.15, 0.2) is 0 Å². The van der Waals surface area contributed by atoms with Crippen molar-refractivity contribution in [2.45, 2.75) is 0 Å². The number of hydrogen-bond acceptors (Lipinski definition) is 3. The van der Waals surface area contributed by atoms with Gasteiger partial charge in [0.2, 0.25) is 0 Å². The lowest BCUT2D eigenvalue weighted by Gasteiger charge is -2.26. The third-order valence-electron chi connectivity index (χ3n) is 2.92. The number of nitrogens with zero attached hydrogens (tertiary/aromatic N) is 1. The summed E-state index contributed by atoms with van der Waals surface area (Å²) in [7, 11) is -0.850. The molecule has 0 unspecified atom stereocenters. The number of carboxylic acid groups (broad SMARTS) is 1. The molecule has 6 nitrogen and oxygen atoms in total. The molecule has 1 aromatic rings. The molecule has 2 rings (SSSR count). The van der Waals surface area contributed by atoms with Crippen molar-refractivity contribution in [3.8, 4) is 0 Å². The number of halogens is 1. The van der Waals surface area contributed by atoms with Gasteiger partial charge < -0.3 is 15.3 Å². The second-order valence-electron chi connectivity index (χ2n) is 4.27. The molecule has 0 saturated carbocycles. The maximum absolute atomic E-state index is 12.0. The van der Waals surface area contributed by atoms with E-state index in [4.69, 9.17) is 16.7 Å². The Labute approximate surface area is 123 Å². The summed E-state index contributed by atoms with van der Waals surface area (Å²) >= 11 is 5.93. The Bertz CT molecular complexity index is 569. The molecule has 8 heteroatoms. The van der Waals surface area contributed by atoms with Crippen molar-refractivity contribution in [1.82, 2.24) is 4.90 Å². The van der Waals surface area contributed by atoms with Crippen molar-refractivity contribution in [3.05, 3.63) is 28.8 Å². The summed E-state index contributed by atoms with van der Waals surface area (Å²) in [5.74, 6) is -0.138. The van der Waals surface area contributed by atoms with E-state index in [0.29, 0.717) is 30.3 Å². The smallest absolute Gasteiger partial charge is 0.335 e. The van der Waals surface area contributed by atoms with E-state index in [1.165, 1.54) is 18.2 Å². The third-order valence-corrected chi connectivity index (χ3v) is 4.51. The number of carbonyl (C=O) groups is 2. The van der Waals surface area contributed by atoms with Crippen LogP contribution in [-0.2, 0) is 10.8 Å². The van der Waals surface area contributed by atoms with Gasteiger partial charge in [-0.2, -0.15) is 0 Å². The number of aromatic carboxylic acids is 1. The van der Waals surface area contributed by atoms with Crippen molar-refractivity contribution >= 4 is 40.1 Å². The van der Waals surface area contributed by atoms with Gasteiger partial charge in [0.25, 0.3) is 0 Å². The van der Waals surface area contributed by atoms with E-state index in [1.807, 2.05) is 0 Å². The number of rotatable bonds is 2. The van der Waals surface area contributed by atoms with Gasteiger partial charge in [-0.15, -0.1) is 0 Å². The van der Waals surface area contributed by atoms with Gasteiger partial charge in [0, 0.05) is 35.4 Å². The first-order chi connectivity index (χ1) is 9.47. The minimum Gasteiger partial charge on any atom is -0.478 e. The molecule has 108 valence electrons. The highest BCUT2D eigenvalue weighted by molar-refractivity contribution is 7.85. The highest BCUT2D eigenvalue weighted by Crippen LogP contribution is 2.23. The topological polar surface area (TPSA) is 86.7 Å². The molecule has 0 bridgehead atoms. The normalized spacial score (nSPS) is 15.9. The van der Waals surface area contributed by atoms with Gasteiger partial charge in [-0.25, -0.2) is 9.59 Å². The molecule has 20 heavy (non-hydrogen) atoms. The predicted molar refractivity (Wildman–Crippen MR) is 76.9 cm³/mol. The largest absolute Gasteiger partial charge is 0.478 e. The van der Waals surface area contributed by atoms with Gasteiger partial charge in [-0.1, -0.05) is 11.6 Å². The van der Waals surface area contributed by atoms with Crippen molar-refractivity contribution in [2.24, 2.45) is 0 Å². The molecule has 2 amide bonds. The van der Waals surface area contributed by atoms with Crippen LogP contribution in [0.15, 0.2) is 18.2 Å². The summed E-state index contributed by atoms with van der Waals surface area (Å²) < 4.78 is 11.2. The summed E-state index contributed by atoms with van der Waals surface area (Å²) in [6, 6.07) is 3.78. The number of anilines is 1. The zero-order valence-corrected chi connectivity index (χ0v) is 12.0. The van der Waals surface area contributed by atoms with Crippen LogP contribution >= 0.6 is 11.6 Å². The van der Waals surface area contributed by atoms with Crippen molar-refractivity contribution < 1.29 is 18.9 Å². The first kappa shape index (κ1) is 14.8. The lowest BCUT2D eigenvalue weighted by Crippen LogP contribution is -2.44. The summed E-state index contributed by atoms with van der Waals surface area (Å²) in [4.78, 5) is 24.3. The standard InChI is InChI=1S/C12H13ClN2O4S/c13-9-7-8(11(16)17)1-2-10(9)14-12(18)15-3-5-20(19)6-4-15/h1-2,7H,3-6H2,(H,14,18)(H,16,17). The molecule has 0 radical (unpaired) electrons. The van der Waals surface area contributed by atoms with Crippen LogP contribution in [0.4, 0.5) is 10.5 Å². The van der Waals surface area contributed by atoms with E-state index >= 15 is 0 Å². The maximum Gasteiger partial charge on any atom is 0.335 e. The van der Waals surface area contributed by atoms with E-state index < -0.39 is 16.8 Å². The van der Waals surface area contributed by atoms with Gasteiger partial charge in [0.05, 0.1) is 16.3 Å². The van der Waals surface area contributed by atoms with Gasteiger partial charge >= 0.3 is 12.0 Å². The molecule has 1 aromatic carbocycles. The average molecular weight is 317 g/mol. The number of benzene rings is 1. The summed E-state index contributed by atoms with van der Waals surface area (Å²) in [6.45, 7) is 0.868. The van der Waals surface area contributed by atoms with Crippen LogP contribution in [0.3, 0.4) is 0 Å². The number of carbonyl (C=O) groups excluding carboxylic acids is 1. The summed E-state index contributed by atoms with van der Waals surface area (Å²) in [6.07, 6.45) is 0. The Hall–Kier alpha value is -1.60. The van der Waals surface area contributed by atoms with E-state index in [-0.39, 0.29) is 16.6 Å². The Kier molecular flexibility index (Phi) is 4.61. The Balaban J connectivity index is 2.04. The summed E-state index contributed by atoms with van der Waals surface area (Å²) in [5.41, 5.74) is 0.412. The molecule has 1 aliphatic rings. The number of urea groups is 1. The number of carboxylic acids is 1. The molecule has 1 heterocycles. The first-order valence-corrected chi connectivity index (χ1v) is 7.77. The average Bonchev–Trinajstić information content (AvgIpc) is 2.41. The second kappa shape index (κ2) is 6.23. The molecule has 2 N–H and O–H groups in total. The fourth-order valence-electron chi connectivity index (χ4n) is 1.78. The maximum atomic E-state index is 12.0. The van der Waals surface area contributed by atoms with Crippen molar-refractivity contribution in [2.75, 3.05) is 29.9 Å². The zero-order valence-electron chi connectivity index (χ0n) is 10.5. The van der Waals surface area contributed by atoms with Crippen LogP contribution in [0.25, 0.3) is 0 Å². The van der Waals surface area contributed by atoms with Crippen LogP contribution in [0.2, 0.25) is 5.02 Å². The van der Waals surface area contributed by atoms with Gasteiger partial charge in [0.1, 0.15) is 0 Å². The van der Waals surface area contributed by atoms with E-state index in [1.54, 1.807) is 4.90 Å². The minimum atomic E-state index is -1.08. The van der Waals surface area contributed by atoms with Gasteiger partial charge in [-0.3, -0.25) is 4.21 Å². The van der Waals surface area contributed by atoms with Crippen LogP contribution < -0.4 is 5.32 Å². The summed E-state index contributed by atoms with van der Waals surface area (Å²) in [5, 5.41) is 11.6. The monoisotopic (exact) mass is 316 g/mol. The van der Waals surface area contributed by atoms with Crippen LogP contribution in [0, 0.1) is 0 Å². The second-order valence-corrected chi connectivity index (χ2v) is 6.37. The third kappa shape index (κ3) is 3.49. The molecule has 0 atom stereocenters. The van der Waals surface area contributed by atoms with Crippen molar-refractivity contribution in [1.29, 1.82) is 0 Å². The van der Waals surface area contributed by atoms with Crippen LogP contribution in [-0.4, -0.2) is 50.8 Å². The minimum absolute atomic E-state index is 0.0568. The molecular formula is C12H13ClN2O4S. The quantitative estimate of drug-likeness (QED) is 0.868. The first-order valence-electron chi connectivity index (χ1n) is 5.91. The molecule has 1 fully saturated rings. The SMILES string of the molecule is O=C(O)c1ccc(NC(=O)N2CCS(=O)CC2)c(Cl)c1. The van der Waals surface area contributed by atoms with Crippen LogP contribution in [0.5, 0.6) is 0 Å². The van der Waals surface area contributed by atoms with Gasteiger partial charge in [-0.05, 0) is 18.2 Å². The lowest BCUT2D eigenvalue weighted by atomic mass is 10.2. The molecule has 1 aliphatic heterocycles. The lowest BCUT2D eigenvalue weighted by molar-refractivity contribution is 0.0697. The Morgan fingerprint density at radius 2 is 1.95 bits per heavy atom. The molecule has 0 aliphatic carbocycles. The fourth-order valence-corrected chi connectivity index (χ4v) is 3.06. The Morgan fingerprint density at radius 3 is 2.50 bits per heavy atom. The number of hydrogen-bond donors (Lipinski definition) is 2. The fraction of sp³-hybridized carbons (Fsp3) is 0.333. The van der Waals surface area contributed by atoms with E-state index in [9.17, 15) is 13.8 Å². The predicted octanol–water partition coefficient (Wildman–Crippen LogP) is 1.63. The van der Waals surface area contributed by atoms with E-state index in [0.717, 1.165) is 0 Å². The molecular weight excluding hydrogens is 304 g/mol. The Morgan fingerprint density at radius 1 is 1.30 bits per heavy atom. The molecule has 0 spiro atoms. The van der Waals surface area contributed by atoms with E-state index in [2.05, 4.69) is 5.32 Å². The highest BCUT2D eigenvalue weighted by Gasteiger charge is 2.20. The zero-order chi connectivity index (χ0) is 14.7.